The highest BCUT2D eigenvalue weighted by Gasteiger charge is 2.21. The van der Waals surface area contributed by atoms with Crippen LogP contribution in [0.1, 0.15) is 19.3 Å². The van der Waals surface area contributed by atoms with Crippen molar-refractivity contribution >= 4 is 21.8 Å². The lowest BCUT2D eigenvalue weighted by atomic mass is 10.2. The Morgan fingerprint density at radius 3 is 2.76 bits per heavy atom. The Bertz CT molecular complexity index is 942. The Hall–Kier alpha value is -3.09. The van der Waals surface area contributed by atoms with Gasteiger partial charge in [0.2, 0.25) is 10.0 Å². The van der Waals surface area contributed by atoms with E-state index in [4.69, 9.17) is 16.3 Å². The van der Waals surface area contributed by atoms with Crippen LogP contribution in [0, 0.1) is 12.3 Å². The number of aromatic nitrogens is 1. The maximum Gasteiger partial charge on any atom is 0.305 e. The van der Waals surface area contributed by atoms with Crippen molar-refractivity contribution in [2.45, 2.75) is 30.2 Å². The van der Waals surface area contributed by atoms with E-state index in [0.717, 1.165) is 25.2 Å². The second-order valence-corrected chi connectivity index (χ2v) is 7.82. The van der Waals surface area contributed by atoms with E-state index in [-0.39, 0.29) is 4.90 Å². The van der Waals surface area contributed by atoms with Crippen LogP contribution in [0.15, 0.2) is 53.6 Å². The SMILES string of the molecule is C#C[C@@H](CC(=O)O)NS(=O)(=O)c1cccc(OCCCCNc2ccccn2)c1. The summed E-state index contributed by atoms with van der Waals surface area (Å²) in [6, 6.07) is 10.5. The first kappa shape index (κ1) is 22.2. The lowest BCUT2D eigenvalue weighted by molar-refractivity contribution is -0.137. The van der Waals surface area contributed by atoms with E-state index in [1.165, 1.54) is 12.1 Å². The van der Waals surface area contributed by atoms with Crippen molar-refractivity contribution in [2.75, 3.05) is 18.5 Å². The number of aliphatic carboxylic acids is 1. The number of hydrogen-bond acceptors (Lipinski definition) is 6. The number of carboxylic acids is 1. The predicted octanol–water partition coefficient (Wildman–Crippen LogP) is 2.11. The molecule has 9 heteroatoms. The Morgan fingerprint density at radius 2 is 2.07 bits per heavy atom. The highest BCUT2D eigenvalue weighted by atomic mass is 32.2. The molecule has 0 aliphatic rings. The Kier molecular flexibility index (Phi) is 8.45. The molecule has 0 amide bonds. The van der Waals surface area contributed by atoms with Crippen LogP contribution in [-0.4, -0.2) is 43.7 Å². The summed E-state index contributed by atoms with van der Waals surface area (Å²) in [5.74, 6) is 2.15. The molecule has 2 aromatic rings. The average molecular weight is 417 g/mol. The van der Waals surface area contributed by atoms with Gasteiger partial charge < -0.3 is 15.2 Å². The molecule has 1 aromatic heterocycles. The number of sulfonamides is 1. The van der Waals surface area contributed by atoms with Gasteiger partial charge in [0.1, 0.15) is 11.6 Å². The molecule has 0 spiro atoms. The maximum absolute atomic E-state index is 12.4. The monoisotopic (exact) mass is 417 g/mol. The molecule has 0 unspecified atom stereocenters. The highest BCUT2D eigenvalue weighted by Crippen LogP contribution is 2.18. The van der Waals surface area contributed by atoms with Crippen LogP contribution in [0.2, 0.25) is 0 Å². The fourth-order valence-electron chi connectivity index (χ4n) is 2.40. The fraction of sp³-hybridized carbons (Fsp3) is 0.300. The van der Waals surface area contributed by atoms with Gasteiger partial charge in [-0.05, 0) is 37.1 Å². The van der Waals surface area contributed by atoms with E-state index in [1.807, 2.05) is 18.2 Å². The third-order valence-electron chi connectivity index (χ3n) is 3.80. The van der Waals surface area contributed by atoms with Gasteiger partial charge in [-0.3, -0.25) is 4.79 Å². The number of benzene rings is 1. The van der Waals surface area contributed by atoms with Crippen molar-refractivity contribution < 1.29 is 23.1 Å². The van der Waals surface area contributed by atoms with E-state index in [2.05, 4.69) is 20.9 Å². The number of hydrogen-bond donors (Lipinski definition) is 3. The standard InChI is InChI=1S/C20H23N3O5S/c1-2-16(14-20(24)25)23-29(26,27)18-9-7-8-17(15-18)28-13-6-5-12-22-19-10-3-4-11-21-19/h1,3-4,7-11,15-16,23H,5-6,12-14H2,(H,21,22)(H,24,25)/t16-/m0/s1. The molecule has 0 aliphatic heterocycles. The molecule has 1 heterocycles. The van der Waals surface area contributed by atoms with Gasteiger partial charge in [-0.2, -0.15) is 4.72 Å². The van der Waals surface area contributed by atoms with Gasteiger partial charge in [0.05, 0.1) is 24.0 Å². The van der Waals surface area contributed by atoms with Crippen molar-refractivity contribution in [3.05, 3.63) is 48.7 Å². The summed E-state index contributed by atoms with van der Waals surface area (Å²) in [6.07, 6.45) is 8.05. The number of terminal acetylenes is 1. The lowest BCUT2D eigenvalue weighted by Crippen LogP contribution is -2.35. The minimum atomic E-state index is -3.96. The molecule has 29 heavy (non-hydrogen) atoms. The zero-order valence-electron chi connectivity index (χ0n) is 15.7. The molecule has 0 saturated carbocycles. The summed E-state index contributed by atoms with van der Waals surface area (Å²) in [5.41, 5.74) is 0. The molecule has 0 aliphatic carbocycles. The van der Waals surface area contributed by atoms with Gasteiger partial charge >= 0.3 is 5.97 Å². The number of carboxylic acid groups (broad SMARTS) is 1. The van der Waals surface area contributed by atoms with Crippen molar-refractivity contribution in [3.8, 4) is 18.1 Å². The molecule has 3 N–H and O–H groups in total. The normalized spacial score (nSPS) is 12.0. The molecule has 0 radical (unpaired) electrons. The first-order valence-electron chi connectivity index (χ1n) is 8.99. The average Bonchev–Trinajstić information content (AvgIpc) is 2.70. The summed E-state index contributed by atoms with van der Waals surface area (Å²) < 4.78 is 32.7. The molecule has 1 aromatic carbocycles. The number of pyridine rings is 1. The fourth-order valence-corrected chi connectivity index (χ4v) is 3.59. The smallest absolute Gasteiger partial charge is 0.305 e. The molecule has 0 bridgehead atoms. The third kappa shape index (κ3) is 7.81. The number of anilines is 1. The minimum absolute atomic E-state index is 0.0440. The Balaban J connectivity index is 1.82. The molecule has 154 valence electrons. The van der Waals surface area contributed by atoms with Gasteiger partial charge in [-0.25, -0.2) is 13.4 Å². The van der Waals surface area contributed by atoms with Crippen LogP contribution in [-0.2, 0) is 14.8 Å². The number of unbranched alkanes of at least 4 members (excludes halogenated alkanes) is 1. The second kappa shape index (κ2) is 11.0. The number of rotatable bonds is 12. The summed E-state index contributed by atoms with van der Waals surface area (Å²) in [6.45, 7) is 1.17. The van der Waals surface area contributed by atoms with Crippen LogP contribution in [0.5, 0.6) is 5.75 Å². The number of ether oxygens (including phenoxy) is 1. The zero-order chi connectivity index (χ0) is 21.1. The molecule has 8 nitrogen and oxygen atoms in total. The van der Waals surface area contributed by atoms with E-state index in [1.54, 1.807) is 18.3 Å². The van der Waals surface area contributed by atoms with Gasteiger partial charge in [-0.1, -0.05) is 18.1 Å². The van der Waals surface area contributed by atoms with Crippen LogP contribution in [0.4, 0.5) is 5.82 Å². The summed E-state index contributed by atoms with van der Waals surface area (Å²) in [4.78, 5) is 14.9. The van der Waals surface area contributed by atoms with Crippen molar-refractivity contribution in [1.82, 2.24) is 9.71 Å². The van der Waals surface area contributed by atoms with E-state index >= 15 is 0 Å². The number of nitrogens with one attached hydrogen (secondary N) is 2. The van der Waals surface area contributed by atoms with Crippen molar-refractivity contribution in [1.29, 1.82) is 0 Å². The Labute approximate surface area is 170 Å². The molecule has 0 fully saturated rings. The van der Waals surface area contributed by atoms with Crippen LogP contribution >= 0.6 is 0 Å². The predicted molar refractivity (Wildman–Crippen MR) is 109 cm³/mol. The van der Waals surface area contributed by atoms with E-state index in [9.17, 15) is 13.2 Å². The van der Waals surface area contributed by atoms with Crippen LogP contribution in [0.3, 0.4) is 0 Å². The molecular weight excluding hydrogens is 394 g/mol. The molecular formula is C20H23N3O5S. The summed E-state index contributed by atoms with van der Waals surface area (Å²) >= 11 is 0. The first-order chi connectivity index (χ1) is 13.9. The molecule has 1 atom stereocenters. The van der Waals surface area contributed by atoms with Gasteiger partial charge in [0, 0.05) is 18.8 Å². The lowest BCUT2D eigenvalue weighted by Gasteiger charge is -2.13. The number of carbonyl (C=O) groups is 1. The van der Waals surface area contributed by atoms with Gasteiger partial charge in [0.25, 0.3) is 0 Å². The number of nitrogens with zero attached hydrogens (tertiary/aromatic N) is 1. The van der Waals surface area contributed by atoms with Crippen LogP contribution < -0.4 is 14.8 Å². The highest BCUT2D eigenvalue weighted by molar-refractivity contribution is 7.89. The first-order valence-corrected chi connectivity index (χ1v) is 10.5. The minimum Gasteiger partial charge on any atom is -0.494 e. The quantitative estimate of drug-likeness (QED) is 0.358. The van der Waals surface area contributed by atoms with Crippen molar-refractivity contribution in [2.24, 2.45) is 0 Å². The molecule has 0 saturated heterocycles. The second-order valence-electron chi connectivity index (χ2n) is 6.11. The van der Waals surface area contributed by atoms with Crippen molar-refractivity contribution in [3.63, 3.8) is 0 Å². The Morgan fingerprint density at radius 1 is 1.24 bits per heavy atom. The van der Waals surface area contributed by atoms with E-state index < -0.39 is 28.5 Å². The van der Waals surface area contributed by atoms with Gasteiger partial charge in [-0.15, -0.1) is 6.42 Å². The maximum atomic E-state index is 12.4. The molecule has 2 rings (SSSR count). The zero-order valence-corrected chi connectivity index (χ0v) is 16.6. The largest absolute Gasteiger partial charge is 0.494 e. The van der Waals surface area contributed by atoms with Crippen LogP contribution in [0.25, 0.3) is 0 Å². The van der Waals surface area contributed by atoms with E-state index in [0.29, 0.717) is 12.4 Å². The topological polar surface area (TPSA) is 118 Å². The summed E-state index contributed by atoms with van der Waals surface area (Å²) in [5, 5.41) is 12.0. The third-order valence-corrected chi connectivity index (χ3v) is 5.27. The van der Waals surface area contributed by atoms with Gasteiger partial charge in [0.15, 0.2) is 0 Å². The summed E-state index contributed by atoms with van der Waals surface area (Å²) in [7, 11) is -3.96.